The van der Waals surface area contributed by atoms with Gasteiger partial charge >= 0.3 is 0 Å². The summed E-state index contributed by atoms with van der Waals surface area (Å²) in [5, 5.41) is 0. The molecule has 6 heteroatoms. The molecule has 2 aliphatic heterocycles. The number of nitrogens with zero attached hydrogens (tertiary/aromatic N) is 2. The molecule has 0 aliphatic carbocycles. The third kappa shape index (κ3) is 6.47. The van der Waals surface area contributed by atoms with E-state index in [1.54, 1.807) is 0 Å². The smallest absolute Gasteiger partial charge is 0.239 e. The Balaban J connectivity index is 1.35. The number of ether oxygens (including phenoxy) is 1. The van der Waals surface area contributed by atoms with Crippen molar-refractivity contribution in [2.24, 2.45) is 11.1 Å². The monoisotopic (exact) mass is 491 g/mol. The maximum atomic E-state index is 13.7. The van der Waals surface area contributed by atoms with Crippen molar-refractivity contribution >= 4 is 11.8 Å². The summed E-state index contributed by atoms with van der Waals surface area (Å²) >= 11 is 0. The van der Waals surface area contributed by atoms with Gasteiger partial charge in [0.2, 0.25) is 11.8 Å². The minimum atomic E-state index is -0.503. The van der Waals surface area contributed by atoms with Crippen LogP contribution < -0.4 is 10.5 Å². The first-order valence-corrected chi connectivity index (χ1v) is 13.5. The zero-order chi connectivity index (χ0) is 25.4. The van der Waals surface area contributed by atoms with Gasteiger partial charge in [0.05, 0.1) is 18.0 Å². The Labute approximate surface area is 215 Å². The van der Waals surface area contributed by atoms with Gasteiger partial charge in [0.1, 0.15) is 12.4 Å². The van der Waals surface area contributed by atoms with E-state index in [0.29, 0.717) is 45.5 Å². The van der Waals surface area contributed by atoms with Crippen molar-refractivity contribution < 1.29 is 14.3 Å². The third-order valence-electron chi connectivity index (χ3n) is 7.99. The normalized spacial score (nSPS) is 19.9. The van der Waals surface area contributed by atoms with Crippen molar-refractivity contribution in [1.29, 1.82) is 0 Å². The van der Waals surface area contributed by atoms with Gasteiger partial charge in [-0.1, -0.05) is 61.4 Å². The molecule has 0 aromatic heterocycles. The molecule has 194 valence electrons. The van der Waals surface area contributed by atoms with E-state index in [1.165, 1.54) is 11.1 Å². The number of benzene rings is 2. The van der Waals surface area contributed by atoms with Crippen LogP contribution in [0.4, 0.5) is 0 Å². The van der Waals surface area contributed by atoms with E-state index in [-0.39, 0.29) is 11.8 Å². The predicted molar refractivity (Wildman–Crippen MR) is 143 cm³/mol. The van der Waals surface area contributed by atoms with Crippen LogP contribution in [-0.2, 0) is 22.4 Å². The summed E-state index contributed by atoms with van der Waals surface area (Å²) in [4.78, 5) is 30.5. The fourth-order valence-electron chi connectivity index (χ4n) is 5.66. The minimum Gasteiger partial charge on any atom is -0.491 e. The van der Waals surface area contributed by atoms with Crippen LogP contribution in [0.3, 0.4) is 0 Å². The number of likely N-dealkylation sites (N-methyl/N-ethyl adjacent to an activating group) is 1. The van der Waals surface area contributed by atoms with Crippen LogP contribution in [0.25, 0.3) is 0 Å². The second-order valence-electron chi connectivity index (χ2n) is 10.5. The minimum absolute atomic E-state index is 0.0115. The molecule has 0 saturated carbocycles. The van der Waals surface area contributed by atoms with Gasteiger partial charge in [-0.25, -0.2) is 0 Å². The van der Waals surface area contributed by atoms with Crippen LogP contribution in [0.1, 0.15) is 56.1 Å². The van der Waals surface area contributed by atoms with E-state index in [9.17, 15) is 9.59 Å². The summed E-state index contributed by atoms with van der Waals surface area (Å²) in [6.45, 7) is 2.23. The van der Waals surface area contributed by atoms with E-state index < -0.39 is 11.5 Å². The molecule has 6 nitrogen and oxygen atoms in total. The molecule has 0 radical (unpaired) electrons. The molecule has 4 rings (SSSR count). The molecule has 2 heterocycles. The molecule has 36 heavy (non-hydrogen) atoms. The highest BCUT2D eigenvalue weighted by molar-refractivity contribution is 5.84. The predicted octanol–water partition coefficient (Wildman–Crippen LogP) is 4.21. The topological polar surface area (TPSA) is 75.9 Å². The average Bonchev–Trinajstić information content (AvgIpc) is 2.92. The standard InChI is InChI=1S/C30H41N3O3/c1-32-22-23-36-27-14-8-7-13-25(27)12-6-3-9-17-30(29(32)35)18-20-33(21-19-30)28(34)26(31)16-15-24-10-4-2-5-11-24/h2,4-5,7-8,10-11,13-14,26H,3,6,9,12,15-23,31H2,1H3/t26-/m0/s1. The van der Waals surface area contributed by atoms with E-state index in [4.69, 9.17) is 10.5 Å². The molecule has 2 N–H and O–H groups in total. The Kier molecular flexibility index (Phi) is 9.03. The summed E-state index contributed by atoms with van der Waals surface area (Å²) in [5.74, 6) is 1.14. The first-order valence-electron chi connectivity index (χ1n) is 13.5. The number of carbonyl (C=O) groups excluding carboxylic acids is 2. The van der Waals surface area contributed by atoms with Gasteiger partial charge in [-0.3, -0.25) is 9.59 Å². The lowest BCUT2D eigenvalue weighted by Gasteiger charge is -2.43. The van der Waals surface area contributed by atoms with Crippen LogP contribution >= 0.6 is 0 Å². The van der Waals surface area contributed by atoms with Gasteiger partial charge in [-0.05, 0) is 62.1 Å². The van der Waals surface area contributed by atoms with Gasteiger partial charge < -0.3 is 20.3 Å². The quantitative estimate of drug-likeness (QED) is 0.695. The molecular formula is C30H41N3O3. The van der Waals surface area contributed by atoms with Gasteiger partial charge in [-0.2, -0.15) is 0 Å². The molecule has 1 atom stereocenters. The van der Waals surface area contributed by atoms with Crippen LogP contribution in [-0.4, -0.2) is 60.9 Å². The van der Waals surface area contributed by atoms with E-state index >= 15 is 0 Å². The molecule has 0 unspecified atom stereocenters. The Morgan fingerprint density at radius 1 is 0.972 bits per heavy atom. The van der Waals surface area contributed by atoms with Crippen molar-refractivity contribution in [2.45, 2.75) is 63.8 Å². The van der Waals surface area contributed by atoms with Crippen molar-refractivity contribution in [3.63, 3.8) is 0 Å². The number of para-hydroxylation sites is 1. The maximum Gasteiger partial charge on any atom is 0.239 e. The summed E-state index contributed by atoms with van der Waals surface area (Å²) in [6, 6.07) is 17.9. The number of aryl methyl sites for hydroxylation is 2. The highest BCUT2D eigenvalue weighted by Gasteiger charge is 2.43. The van der Waals surface area contributed by atoms with Gasteiger partial charge in [0.15, 0.2) is 0 Å². The second-order valence-corrected chi connectivity index (χ2v) is 10.5. The first kappa shape index (κ1) is 26.2. The number of piperidine rings is 1. The SMILES string of the molecule is CN1CCOc2ccccc2CCCCCC2(CCN(C(=O)[C@@H](N)CCc3ccccc3)CC2)C1=O. The summed E-state index contributed by atoms with van der Waals surface area (Å²) in [7, 11) is 1.88. The number of nitrogens with two attached hydrogens (primary N) is 1. The Morgan fingerprint density at radius 2 is 1.69 bits per heavy atom. The van der Waals surface area contributed by atoms with Gasteiger partial charge in [-0.15, -0.1) is 0 Å². The molecule has 2 aromatic rings. The lowest BCUT2D eigenvalue weighted by Crippen LogP contribution is -2.53. The first-order chi connectivity index (χ1) is 17.5. The molecule has 1 fully saturated rings. The number of rotatable bonds is 4. The fourth-order valence-corrected chi connectivity index (χ4v) is 5.66. The van der Waals surface area contributed by atoms with Gasteiger partial charge in [0, 0.05) is 20.1 Å². The van der Waals surface area contributed by atoms with E-state index in [0.717, 1.165) is 44.3 Å². The lowest BCUT2D eigenvalue weighted by molar-refractivity contribution is -0.148. The highest BCUT2D eigenvalue weighted by Crippen LogP contribution is 2.39. The zero-order valence-corrected chi connectivity index (χ0v) is 21.7. The van der Waals surface area contributed by atoms with Crippen LogP contribution in [0, 0.1) is 5.41 Å². The second kappa shape index (κ2) is 12.4. The van der Waals surface area contributed by atoms with Crippen molar-refractivity contribution in [1.82, 2.24) is 9.80 Å². The Morgan fingerprint density at radius 3 is 2.47 bits per heavy atom. The van der Waals surface area contributed by atoms with E-state index in [1.807, 2.05) is 47.2 Å². The number of hydrogen-bond donors (Lipinski definition) is 1. The number of fused-ring (bicyclic) bond motifs is 1. The zero-order valence-electron chi connectivity index (χ0n) is 21.7. The number of amides is 2. The molecule has 2 aliphatic rings. The molecular weight excluding hydrogens is 450 g/mol. The number of likely N-dealkylation sites (tertiary alicyclic amines) is 1. The number of carbonyl (C=O) groups is 2. The van der Waals surface area contributed by atoms with Crippen LogP contribution in [0.5, 0.6) is 5.75 Å². The van der Waals surface area contributed by atoms with E-state index in [2.05, 4.69) is 24.3 Å². The Bertz CT molecular complexity index is 1000. The largest absolute Gasteiger partial charge is 0.491 e. The van der Waals surface area contributed by atoms with Crippen molar-refractivity contribution in [3.8, 4) is 5.75 Å². The van der Waals surface area contributed by atoms with Crippen LogP contribution in [0.15, 0.2) is 54.6 Å². The average molecular weight is 492 g/mol. The number of hydrogen-bond acceptors (Lipinski definition) is 4. The van der Waals surface area contributed by atoms with Crippen molar-refractivity contribution in [2.75, 3.05) is 33.3 Å². The maximum absolute atomic E-state index is 13.7. The molecule has 2 amide bonds. The fraction of sp³-hybridized carbons (Fsp3) is 0.533. The Hall–Kier alpha value is -2.86. The summed E-state index contributed by atoms with van der Waals surface area (Å²) < 4.78 is 6.06. The molecule has 1 saturated heterocycles. The summed E-state index contributed by atoms with van der Waals surface area (Å²) in [6.07, 6.45) is 7.89. The highest BCUT2D eigenvalue weighted by atomic mass is 16.5. The lowest BCUT2D eigenvalue weighted by atomic mass is 9.73. The summed E-state index contributed by atoms with van der Waals surface area (Å²) in [5.41, 5.74) is 8.34. The molecule has 0 bridgehead atoms. The molecule has 1 spiro atoms. The van der Waals surface area contributed by atoms with Crippen LogP contribution in [0.2, 0.25) is 0 Å². The van der Waals surface area contributed by atoms with Gasteiger partial charge in [0.25, 0.3) is 0 Å². The third-order valence-corrected chi connectivity index (χ3v) is 7.99. The van der Waals surface area contributed by atoms with Crippen molar-refractivity contribution in [3.05, 3.63) is 65.7 Å². The molecule has 2 aromatic carbocycles.